The lowest BCUT2D eigenvalue weighted by atomic mass is 9.89. The second kappa shape index (κ2) is 7.33. The van der Waals surface area contributed by atoms with Crippen molar-refractivity contribution in [1.82, 2.24) is 10.2 Å². The van der Waals surface area contributed by atoms with Crippen molar-refractivity contribution in [2.45, 2.75) is 25.8 Å². The quantitative estimate of drug-likeness (QED) is 0.832. The molecule has 0 spiro atoms. The van der Waals surface area contributed by atoms with Crippen molar-refractivity contribution in [3.8, 4) is 5.75 Å². The third kappa shape index (κ3) is 3.84. The summed E-state index contributed by atoms with van der Waals surface area (Å²) in [7, 11) is 1.55. The van der Waals surface area contributed by atoms with Crippen LogP contribution >= 0.6 is 0 Å². The Morgan fingerprint density at radius 2 is 2.04 bits per heavy atom. The highest BCUT2D eigenvalue weighted by atomic mass is 16.5. The molecule has 0 aromatic heterocycles. The summed E-state index contributed by atoms with van der Waals surface area (Å²) in [6.07, 6.45) is 0. The molecular formula is C17H22N2O5. The molecule has 7 heteroatoms. The van der Waals surface area contributed by atoms with E-state index in [2.05, 4.69) is 5.32 Å². The molecule has 0 unspecified atom stereocenters. The Morgan fingerprint density at radius 3 is 2.62 bits per heavy atom. The molecule has 1 aromatic rings. The number of rotatable bonds is 5. The van der Waals surface area contributed by atoms with Crippen LogP contribution in [-0.4, -0.2) is 54.0 Å². The van der Waals surface area contributed by atoms with Crippen molar-refractivity contribution in [3.63, 3.8) is 0 Å². The van der Waals surface area contributed by atoms with Crippen LogP contribution in [0.3, 0.4) is 0 Å². The molecule has 0 aliphatic carbocycles. The van der Waals surface area contributed by atoms with Crippen molar-refractivity contribution in [2.24, 2.45) is 5.92 Å². The first kappa shape index (κ1) is 17.8. The number of hydrogen-bond donors (Lipinski definition) is 2. The Hall–Kier alpha value is -2.57. The van der Waals surface area contributed by atoms with E-state index in [1.54, 1.807) is 32.2 Å². The van der Waals surface area contributed by atoms with Gasteiger partial charge < -0.3 is 20.1 Å². The Kier molecular flexibility index (Phi) is 5.43. The standard InChI is InChI=1S/C17H22N2O5/c1-10(18-11(2)20)16(21)19-8-14(15(9-19)17(22)23)12-5-4-6-13(7-12)24-3/h4-7,10,14-15H,8-9H2,1-3H3,(H,18,20)(H,22,23)/t10-,14+,15-/m1/s1. The first-order valence-corrected chi connectivity index (χ1v) is 7.76. The van der Waals surface area contributed by atoms with Crippen molar-refractivity contribution in [1.29, 1.82) is 0 Å². The van der Waals surface area contributed by atoms with Crippen molar-refractivity contribution >= 4 is 17.8 Å². The van der Waals surface area contributed by atoms with Crippen LogP contribution < -0.4 is 10.1 Å². The van der Waals surface area contributed by atoms with Crippen molar-refractivity contribution < 1.29 is 24.2 Å². The number of nitrogens with one attached hydrogen (secondary N) is 1. The van der Waals surface area contributed by atoms with Crippen LogP contribution in [0, 0.1) is 5.92 Å². The number of hydrogen-bond acceptors (Lipinski definition) is 4. The van der Waals surface area contributed by atoms with Gasteiger partial charge in [-0.15, -0.1) is 0 Å². The van der Waals surface area contributed by atoms with Gasteiger partial charge in [-0.2, -0.15) is 0 Å². The number of carbonyl (C=O) groups excluding carboxylic acids is 2. The molecule has 3 atom stereocenters. The van der Waals surface area contributed by atoms with E-state index in [1.807, 2.05) is 6.07 Å². The third-order valence-corrected chi connectivity index (χ3v) is 4.26. The van der Waals surface area contributed by atoms with E-state index in [9.17, 15) is 19.5 Å². The minimum atomic E-state index is -0.940. The predicted molar refractivity (Wildman–Crippen MR) is 86.7 cm³/mol. The zero-order valence-corrected chi connectivity index (χ0v) is 14.0. The minimum absolute atomic E-state index is 0.125. The summed E-state index contributed by atoms with van der Waals surface area (Å²) < 4.78 is 5.19. The summed E-state index contributed by atoms with van der Waals surface area (Å²) in [5, 5.41) is 12.1. The van der Waals surface area contributed by atoms with Gasteiger partial charge in [-0.25, -0.2) is 0 Å². The van der Waals surface area contributed by atoms with Crippen LogP contribution in [0.25, 0.3) is 0 Å². The molecule has 0 radical (unpaired) electrons. The van der Waals surface area contributed by atoms with Gasteiger partial charge in [0.15, 0.2) is 0 Å². The number of methoxy groups -OCH3 is 1. The average Bonchev–Trinajstić information content (AvgIpc) is 2.99. The highest BCUT2D eigenvalue weighted by molar-refractivity contribution is 5.87. The average molecular weight is 334 g/mol. The van der Waals surface area contributed by atoms with Gasteiger partial charge in [0.1, 0.15) is 11.8 Å². The fraction of sp³-hybridized carbons (Fsp3) is 0.471. The summed E-state index contributed by atoms with van der Waals surface area (Å²) in [6.45, 7) is 3.36. The van der Waals surface area contributed by atoms with Gasteiger partial charge in [0.2, 0.25) is 11.8 Å². The van der Waals surface area contributed by atoms with Crippen LogP contribution in [0.1, 0.15) is 25.3 Å². The van der Waals surface area contributed by atoms with E-state index in [-0.39, 0.29) is 24.3 Å². The lowest BCUT2D eigenvalue weighted by molar-refractivity contribution is -0.142. The molecule has 2 amide bonds. The van der Waals surface area contributed by atoms with Crippen LogP contribution in [0.15, 0.2) is 24.3 Å². The van der Waals surface area contributed by atoms with Crippen LogP contribution in [0.2, 0.25) is 0 Å². The highest BCUT2D eigenvalue weighted by Crippen LogP contribution is 2.34. The summed E-state index contributed by atoms with van der Waals surface area (Å²) in [5.41, 5.74) is 0.823. The van der Waals surface area contributed by atoms with E-state index in [1.165, 1.54) is 11.8 Å². The number of carbonyl (C=O) groups is 3. The largest absolute Gasteiger partial charge is 0.497 e. The highest BCUT2D eigenvalue weighted by Gasteiger charge is 2.41. The maximum Gasteiger partial charge on any atom is 0.308 e. The fourth-order valence-corrected chi connectivity index (χ4v) is 3.08. The van der Waals surface area contributed by atoms with Crippen molar-refractivity contribution in [3.05, 3.63) is 29.8 Å². The van der Waals surface area contributed by atoms with Gasteiger partial charge in [-0.3, -0.25) is 14.4 Å². The lowest BCUT2D eigenvalue weighted by Crippen LogP contribution is -2.45. The van der Waals surface area contributed by atoms with E-state index in [0.717, 1.165) is 5.56 Å². The summed E-state index contributed by atoms with van der Waals surface area (Å²) in [6, 6.07) is 6.55. The Labute approximate surface area is 140 Å². The third-order valence-electron chi connectivity index (χ3n) is 4.26. The van der Waals surface area contributed by atoms with Crippen LogP contribution in [-0.2, 0) is 14.4 Å². The summed E-state index contributed by atoms with van der Waals surface area (Å²) in [4.78, 5) is 36.7. The second-order valence-corrected chi connectivity index (χ2v) is 5.99. The van der Waals surface area contributed by atoms with E-state index in [0.29, 0.717) is 12.3 Å². The first-order chi connectivity index (χ1) is 11.3. The van der Waals surface area contributed by atoms with Crippen LogP contribution in [0.5, 0.6) is 5.75 Å². The minimum Gasteiger partial charge on any atom is -0.497 e. The first-order valence-electron chi connectivity index (χ1n) is 7.76. The van der Waals surface area contributed by atoms with Gasteiger partial charge in [0.25, 0.3) is 0 Å². The monoisotopic (exact) mass is 334 g/mol. The topological polar surface area (TPSA) is 95.9 Å². The molecule has 1 fully saturated rings. The van der Waals surface area contributed by atoms with E-state index >= 15 is 0 Å². The number of carboxylic acid groups (broad SMARTS) is 1. The number of nitrogens with zero attached hydrogens (tertiary/aromatic N) is 1. The Morgan fingerprint density at radius 1 is 1.33 bits per heavy atom. The molecule has 1 aliphatic heterocycles. The van der Waals surface area contributed by atoms with Gasteiger partial charge in [-0.1, -0.05) is 12.1 Å². The molecule has 2 N–H and O–H groups in total. The smallest absolute Gasteiger partial charge is 0.308 e. The molecular weight excluding hydrogens is 312 g/mol. The van der Waals surface area contributed by atoms with Gasteiger partial charge in [0.05, 0.1) is 13.0 Å². The maximum absolute atomic E-state index is 12.4. The molecule has 1 aliphatic rings. The number of likely N-dealkylation sites (tertiary alicyclic amines) is 1. The van der Waals surface area contributed by atoms with E-state index in [4.69, 9.17) is 4.74 Å². The molecule has 2 rings (SSSR count). The summed E-state index contributed by atoms with van der Waals surface area (Å²) >= 11 is 0. The Bertz CT molecular complexity index is 646. The molecule has 7 nitrogen and oxygen atoms in total. The zero-order valence-electron chi connectivity index (χ0n) is 14.0. The molecule has 1 saturated heterocycles. The SMILES string of the molecule is COc1cccc([C@@H]2CN(C(=O)[C@@H](C)NC(C)=O)C[C@H]2C(=O)O)c1. The number of carboxylic acids is 1. The zero-order chi connectivity index (χ0) is 17.9. The number of amides is 2. The van der Waals surface area contributed by atoms with Crippen LogP contribution in [0.4, 0.5) is 0 Å². The molecule has 1 heterocycles. The number of benzene rings is 1. The number of ether oxygens (including phenoxy) is 1. The molecule has 1 aromatic carbocycles. The Balaban J connectivity index is 2.21. The van der Waals surface area contributed by atoms with Crippen molar-refractivity contribution in [2.75, 3.05) is 20.2 Å². The van der Waals surface area contributed by atoms with E-state index < -0.39 is 17.9 Å². The molecule has 130 valence electrons. The molecule has 0 bridgehead atoms. The second-order valence-electron chi connectivity index (χ2n) is 5.99. The van der Waals surface area contributed by atoms with Gasteiger partial charge in [0, 0.05) is 25.9 Å². The fourth-order valence-electron chi connectivity index (χ4n) is 3.08. The predicted octanol–water partition coefficient (Wildman–Crippen LogP) is 0.846. The molecule has 0 saturated carbocycles. The molecule has 24 heavy (non-hydrogen) atoms. The maximum atomic E-state index is 12.4. The number of aliphatic carboxylic acids is 1. The van der Waals surface area contributed by atoms with Gasteiger partial charge >= 0.3 is 5.97 Å². The lowest BCUT2D eigenvalue weighted by Gasteiger charge is -2.21. The summed E-state index contributed by atoms with van der Waals surface area (Å²) in [5.74, 6) is -1.87. The van der Waals surface area contributed by atoms with Gasteiger partial charge in [-0.05, 0) is 24.6 Å². The normalized spacial score (nSPS) is 21.2.